The van der Waals surface area contributed by atoms with Crippen LogP contribution in [-0.4, -0.2) is 0 Å². The molecule has 0 amide bonds. The van der Waals surface area contributed by atoms with E-state index in [0.29, 0.717) is 8.58 Å². The van der Waals surface area contributed by atoms with Crippen LogP contribution in [0.5, 0.6) is 0 Å². The van der Waals surface area contributed by atoms with Crippen molar-refractivity contribution in [3.8, 4) is 0 Å². The van der Waals surface area contributed by atoms with Gasteiger partial charge in [0.15, 0.2) is 0 Å². The molecule has 0 heterocycles. The Labute approximate surface area is 90.7 Å². The summed E-state index contributed by atoms with van der Waals surface area (Å²) in [5.41, 5.74) is 0. The van der Waals surface area contributed by atoms with Crippen molar-refractivity contribution in [3.63, 3.8) is 0 Å². The zero-order valence-electron chi connectivity index (χ0n) is 7.57. The second-order valence-corrected chi connectivity index (χ2v) is 4.84. The lowest BCUT2D eigenvalue weighted by atomic mass is 10.4. The third kappa shape index (κ3) is 2.57. The Hall–Kier alpha value is -0.840. The molecule has 1 unspecified atom stereocenters. The van der Waals surface area contributed by atoms with Gasteiger partial charge in [0.05, 0.1) is 0 Å². The Morgan fingerprint density at radius 3 is 2.21 bits per heavy atom. The minimum absolute atomic E-state index is 0.689. The number of benzene rings is 2. The van der Waals surface area contributed by atoms with Gasteiger partial charge in [-0.05, 0) is 22.7 Å². The zero-order valence-corrected chi connectivity index (χ0v) is 9.33. The third-order valence-electron chi connectivity index (χ3n) is 1.89. The first kappa shape index (κ1) is 9.71. The Kier molecular flexibility index (Phi) is 3.18. The van der Waals surface area contributed by atoms with Gasteiger partial charge in [0.2, 0.25) is 0 Å². The largest absolute Gasteiger partial charge is 0.0843 e. The summed E-state index contributed by atoms with van der Waals surface area (Å²) in [6.07, 6.45) is 0. The number of hydrogen-bond donors (Lipinski definition) is 0. The molecule has 14 heavy (non-hydrogen) atoms. The van der Waals surface area contributed by atoms with E-state index in [0.717, 1.165) is 5.02 Å². The topological polar surface area (TPSA) is 0 Å². The highest BCUT2D eigenvalue weighted by molar-refractivity contribution is 7.55. The van der Waals surface area contributed by atoms with Gasteiger partial charge in [-0.15, -0.1) is 0 Å². The first-order valence-electron chi connectivity index (χ1n) is 4.42. The third-order valence-corrected chi connectivity index (χ3v) is 3.34. The molecule has 70 valence electrons. The summed E-state index contributed by atoms with van der Waals surface area (Å²) in [7, 11) is 0.689. The predicted octanol–water partition coefficient (Wildman–Crippen LogP) is 2.97. The molecule has 0 spiro atoms. The smallest absolute Gasteiger partial charge is 0.0412 e. The van der Waals surface area contributed by atoms with E-state index >= 15 is 0 Å². The predicted molar refractivity (Wildman–Crippen MR) is 65.5 cm³/mol. The van der Waals surface area contributed by atoms with E-state index in [1.54, 1.807) is 0 Å². The maximum absolute atomic E-state index is 5.92. The van der Waals surface area contributed by atoms with Gasteiger partial charge < -0.3 is 0 Å². The Bertz CT molecular complexity index is 412. The summed E-state index contributed by atoms with van der Waals surface area (Å²) in [4.78, 5) is 0. The second-order valence-electron chi connectivity index (χ2n) is 3.00. The first-order valence-corrected chi connectivity index (χ1v) is 5.80. The summed E-state index contributed by atoms with van der Waals surface area (Å²) in [6.45, 7) is 0. The second kappa shape index (κ2) is 4.59. The van der Waals surface area contributed by atoms with Crippen LogP contribution in [0.4, 0.5) is 0 Å². The van der Waals surface area contributed by atoms with Gasteiger partial charge in [-0.2, -0.15) is 0 Å². The van der Waals surface area contributed by atoms with Crippen molar-refractivity contribution in [2.24, 2.45) is 0 Å². The molecule has 0 aliphatic carbocycles. The van der Waals surface area contributed by atoms with Gasteiger partial charge in [0.25, 0.3) is 0 Å². The summed E-state index contributed by atoms with van der Waals surface area (Å²) in [6, 6.07) is 18.5. The van der Waals surface area contributed by atoms with Crippen LogP contribution in [0.3, 0.4) is 0 Å². The maximum atomic E-state index is 5.92. The van der Waals surface area contributed by atoms with Crippen LogP contribution in [0.25, 0.3) is 0 Å². The fourth-order valence-electron chi connectivity index (χ4n) is 1.25. The zero-order chi connectivity index (χ0) is 9.80. The average molecular weight is 221 g/mol. The maximum Gasteiger partial charge on any atom is 0.0412 e. The van der Waals surface area contributed by atoms with Crippen LogP contribution in [0.2, 0.25) is 5.02 Å². The van der Waals surface area contributed by atoms with E-state index < -0.39 is 0 Å². The molecule has 0 N–H and O–H groups in total. The highest BCUT2D eigenvalue weighted by atomic mass is 35.5. The molecular formula is C12H10ClP. The molecule has 2 aromatic rings. The van der Waals surface area contributed by atoms with E-state index in [1.807, 2.05) is 24.3 Å². The number of hydrogen-bond acceptors (Lipinski definition) is 0. The SMILES string of the molecule is Clc1cccc(Pc2ccccc2)c1. The first-order chi connectivity index (χ1) is 6.84. The standard InChI is InChI=1S/C12H10ClP/c13-10-5-4-8-12(9-10)14-11-6-2-1-3-7-11/h1-9,14H. The highest BCUT2D eigenvalue weighted by Gasteiger charge is 1.95. The lowest BCUT2D eigenvalue weighted by Gasteiger charge is -2.01. The van der Waals surface area contributed by atoms with Crippen LogP contribution in [-0.2, 0) is 0 Å². The fraction of sp³-hybridized carbons (Fsp3) is 0. The summed E-state index contributed by atoms with van der Waals surface area (Å²) < 4.78 is 0. The average Bonchev–Trinajstić information content (AvgIpc) is 2.19. The van der Waals surface area contributed by atoms with Crippen molar-refractivity contribution in [1.82, 2.24) is 0 Å². The quantitative estimate of drug-likeness (QED) is 0.683. The Morgan fingerprint density at radius 1 is 0.786 bits per heavy atom. The molecule has 1 atom stereocenters. The number of rotatable bonds is 2. The van der Waals surface area contributed by atoms with Crippen molar-refractivity contribution < 1.29 is 0 Å². The minimum atomic E-state index is 0.689. The molecule has 0 saturated carbocycles. The minimum Gasteiger partial charge on any atom is -0.0843 e. The lowest BCUT2D eigenvalue weighted by molar-refractivity contribution is 1.76. The molecule has 2 heteroatoms. The van der Waals surface area contributed by atoms with Gasteiger partial charge in [-0.3, -0.25) is 0 Å². The van der Waals surface area contributed by atoms with E-state index in [-0.39, 0.29) is 0 Å². The Balaban J connectivity index is 2.19. The van der Waals surface area contributed by atoms with Gasteiger partial charge in [0, 0.05) is 5.02 Å². The van der Waals surface area contributed by atoms with E-state index in [9.17, 15) is 0 Å². The molecule has 0 saturated heterocycles. The molecule has 2 aromatic carbocycles. The van der Waals surface area contributed by atoms with Crippen LogP contribution in [0, 0.1) is 0 Å². The van der Waals surface area contributed by atoms with Crippen molar-refractivity contribution in [2.45, 2.75) is 0 Å². The van der Waals surface area contributed by atoms with Gasteiger partial charge in [-0.25, -0.2) is 0 Å². The molecule has 0 bridgehead atoms. The molecular weight excluding hydrogens is 211 g/mol. The summed E-state index contributed by atoms with van der Waals surface area (Å²) >= 11 is 5.92. The molecule has 2 rings (SSSR count). The number of halogens is 1. The van der Waals surface area contributed by atoms with Crippen molar-refractivity contribution in [2.75, 3.05) is 0 Å². The molecule has 0 aromatic heterocycles. The summed E-state index contributed by atoms with van der Waals surface area (Å²) in [5, 5.41) is 3.43. The molecule has 0 fully saturated rings. The Morgan fingerprint density at radius 2 is 1.50 bits per heavy atom. The van der Waals surface area contributed by atoms with Crippen molar-refractivity contribution in [1.29, 1.82) is 0 Å². The van der Waals surface area contributed by atoms with Gasteiger partial charge >= 0.3 is 0 Å². The molecule has 0 nitrogen and oxygen atoms in total. The summed E-state index contributed by atoms with van der Waals surface area (Å²) in [5.74, 6) is 0. The lowest BCUT2D eigenvalue weighted by Crippen LogP contribution is -2.01. The fourth-order valence-corrected chi connectivity index (χ4v) is 2.64. The van der Waals surface area contributed by atoms with E-state index in [4.69, 9.17) is 11.6 Å². The van der Waals surface area contributed by atoms with Gasteiger partial charge in [-0.1, -0.05) is 62.6 Å². The van der Waals surface area contributed by atoms with Crippen LogP contribution in [0.1, 0.15) is 0 Å². The van der Waals surface area contributed by atoms with Crippen LogP contribution in [0.15, 0.2) is 54.6 Å². The van der Waals surface area contributed by atoms with Crippen LogP contribution >= 0.6 is 20.2 Å². The molecule has 0 radical (unpaired) electrons. The van der Waals surface area contributed by atoms with Crippen LogP contribution < -0.4 is 10.6 Å². The van der Waals surface area contributed by atoms with E-state index in [1.165, 1.54) is 10.6 Å². The normalized spacial score (nSPS) is 10.9. The molecule has 0 aliphatic heterocycles. The monoisotopic (exact) mass is 220 g/mol. The van der Waals surface area contributed by atoms with Crippen molar-refractivity contribution in [3.05, 3.63) is 59.6 Å². The molecule has 0 aliphatic rings. The van der Waals surface area contributed by atoms with Crippen molar-refractivity contribution >= 4 is 30.8 Å². The highest BCUT2D eigenvalue weighted by Crippen LogP contribution is 2.13. The van der Waals surface area contributed by atoms with Gasteiger partial charge in [0.1, 0.15) is 0 Å². The van der Waals surface area contributed by atoms with E-state index in [2.05, 4.69) is 30.3 Å².